The molecule has 2 unspecified atom stereocenters. The third kappa shape index (κ3) is 4.05. The quantitative estimate of drug-likeness (QED) is 0.417. The second-order valence-corrected chi connectivity index (χ2v) is 10.3. The third-order valence-corrected chi connectivity index (χ3v) is 8.37. The molecule has 0 N–H and O–H groups in total. The molecule has 2 aromatic rings. The van der Waals surface area contributed by atoms with Gasteiger partial charge in [-0.25, -0.2) is 0 Å². The highest BCUT2D eigenvalue weighted by molar-refractivity contribution is 5.70. The van der Waals surface area contributed by atoms with Gasteiger partial charge in [0.15, 0.2) is 0 Å². The van der Waals surface area contributed by atoms with Crippen molar-refractivity contribution in [1.29, 1.82) is 0 Å². The fourth-order valence-corrected chi connectivity index (χ4v) is 6.22. The molecular formula is C32H38. The van der Waals surface area contributed by atoms with Gasteiger partial charge in [0.1, 0.15) is 0 Å². The molecule has 0 aromatic heterocycles. The van der Waals surface area contributed by atoms with Gasteiger partial charge in [-0.1, -0.05) is 80.1 Å². The summed E-state index contributed by atoms with van der Waals surface area (Å²) in [5.74, 6) is 2.12. The Bertz CT molecular complexity index is 1090. The van der Waals surface area contributed by atoms with Gasteiger partial charge >= 0.3 is 0 Å². The van der Waals surface area contributed by atoms with Gasteiger partial charge in [0.05, 0.1) is 0 Å². The average molecular weight is 423 g/mol. The summed E-state index contributed by atoms with van der Waals surface area (Å²) in [5.41, 5.74) is 13.6. The average Bonchev–Trinajstić information content (AvgIpc) is 3.44. The molecule has 0 nitrogen and oxygen atoms in total. The first-order valence-electron chi connectivity index (χ1n) is 12.9. The van der Waals surface area contributed by atoms with Crippen LogP contribution in [0.3, 0.4) is 0 Å². The van der Waals surface area contributed by atoms with Crippen molar-refractivity contribution in [2.45, 2.75) is 84.0 Å². The molecule has 0 aliphatic heterocycles. The highest BCUT2D eigenvalue weighted by Crippen LogP contribution is 2.47. The Kier molecular flexibility index (Phi) is 5.97. The number of allylic oxidation sites excluding steroid dienone is 5. The van der Waals surface area contributed by atoms with Gasteiger partial charge in [0.25, 0.3) is 0 Å². The molecule has 2 aromatic carbocycles. The van der Waals surface area contributed by atoms with Crippen molar-refractivity contribution < 1.29 is 0 Å². The molecule has 5 rings (SSSR count). The van der Waals surface area contributed by atoms with E-state index in [0.717, 1.165) is 18.8 Å². The van der Waals surface area contributed by atoms with E-state index in [0.29, 0.717) is 11.8 Å². The Morgan fingerprint density at radius 1 is 0.906 bits per heavy atom. The minimum atomic E-state index is 0.648. The lowest BCUT2D eigenvalue weighted by Crippen LogP contribution is -2.03. The maximum Gasteiger partial charge on any atom is -0.00588 e. The van der Waals surface area contributed by atoms with Crippen molar-refractivity contribution in [3.05, 3.63) is 94.1 Å². The van der Waals surface area contributed by atoms with Crippen molar-refractivity contribution in [3.8, 4) is 11.1 Å². The molecule has 0 radical (unpaired) electrons. The molecule has 0 amide bonds. The fourth-order valence-electron chi connectivity index (χ4n) is 6.22. The molecule has 0 spiro atoms. The van der Waals surface area contributed by atoms with Gasteiger partial charge in [-0.05, 0) is 115 Å². The number of hydrogen-bond acceptors (Lipinski definition) is 0. The zero-order chi connectivity index (χ0) is 22.2. The summed E-state index contributed by atoms with van der Waals surface area (Å²) in [7, 11) is 0. The molecule has 0 saturated heterocycles. The first kappa shape index (κ1) is 21.5. The molecule has 0 heteroatoms. The van der Waals surface area contributed by atoms with E-state index in [1.807, 2.05) is 0 Å². The first-order valence-corrected chi connectivity index (χ1v) is 12.9. The van der Waals surface area contributed by atoms with Crippen LogP contribution in [-0.4, -0.2) is 0 Å². The number of rotatable bonds is 7. The summed E-state index contributed by atoms with van der Waals surface area (Å²) >= 11 is 0. The van der Waals surface area contributed by atoms with Crippen LogP contribution in [0.4, 0.5) is 0 Å². The minimum absolute atomic E-state index is 0.648. The van der Waals surface area contributed by atoms with Crippen LogP contribution in [0.1, 0.15) is 94.2 Å². The molecule has 3 aliphatic carbocycles. The third-order valence-electron chi connectivity index (χ3n) is 8.37. The van der Waals surface area contributed by atoms with E-state index in [4.69, 9.17) is 0 Å². The van der Waals surface area contributed by atoms with E-state index in [1.165, 1.54) is 66.4 Å². The zero-order valence-electron chi connectivity index (χ0n) is 20.2. The van der Waals surface area contributed by atoms with Gasteiger partial charge in [-0.3, -0.25) is 0 Å². The maximum absolute atomic E-state index is 4.58. The second kappa shape index (κ2) is 8.89. The van der Waals surface area contributed by atoms with Gasteiger partial charge < -0.3 is 0 Å². The van der Waals surface area contributed by atoms with E-state index in [-0.39, 0.29) is 0 Å². The van der Waals surface area contributed by atoms with Crippen molar-refractivity contribution >= 4 is 0 Å². The van der Waals surface area contributed by atoms with Crippen LogP contribution in [0.2, 0.25) is 0 Å². The van der Waals surface area contributed by atoms with Crippen molar-refractivity contribution in [1.82, 2.24) is 0 Å². The van der Waals surface area contributed by atoms with Crippen LogP contribution in [0.5, 0.6) is 0 Å². The van der Waals surface area contributed by atoms with Gasteiger partial charge in [0.2, 0.25) is 0 Å². The van der Waals surface area contributed by atoms with Gasteiger partial charge in [-0.15, -0.1) is 0 Å². The smallest absolute Gasteiger partial charge is 0.00588 e. The summed E-state index contributed by atoms with van der Waals surface area (Å²) in [6.07, 6.45) is 12.4. The van der Waals surface area contributed by atoms with Crippen LogP contribution in [0.15, 0.2) is 77.4 Å². The van der Waals surface area contributed by atoms with E-state index in [1.54, 1.807) is 22.3 Å². The van der Waals surface area contributed by atoms with Crippen LogP contribution >= 0.6 is 0 Å². The Morgan fingerprint density at radius 3 is 2.41 bits per heavy atom. The summed E-state index contributed by atoms with van der Waals surface area (Å²) in [4.78, 5) is 0. The molecule has 2 fully saturated rings. The lowest BCUT2D eigenvalue weighted by molar-refractivity contribution is 0.627. The number of benzene rings is 2. The van der Waals surface area contributed by atoms with Gasteiger partial charge in [0, 0.05) is 0 Å². The second-order valence-electron chi connectivity index (χ2n) is 10.3. The van der Waals surface area contributed by atoms with Crippen LogP contribution in [-0.2, 0) is 6.42 Å². The van der Waals surface area contributed by atoms with E-state index in [2.05, 4.69) is 75.9 Å². The Balaban J connectivity index is 1.34. The van der Waals surface area contributed by atoms with Crippen molar-refractivity contribution in [2.24, 2.45) is 5.92 Å². The monoisotopic (exact) mass is 422 g/mol. The molecule has 2 saturated carbocycles. The highest BCUT2D eigenvalue weighted by Gasteiger charge is 2.31. The fraction of sp³-hybridized carbons (Fsp3) is 0.438. The van der Waals surface area contributed by atoms with Crippen LogP contribution in [0.25, 0.3) is 11.1 Å². The van der Waals surface area contributed by atoms with Crippen LogP contribution < -0.4 is 0 Å². The summed E-state index contributed by atoms with van der Waals surface area (Å²) < 4.78 is 0. The molecule has 0 heterocycles. The Hall–Kier alpha value is -2.34. The zero-order valence-corrected chi connectivity index (χ0v) is 20.2. The predicted molar refractivity (Wildman–Crippen MR) is 138 cm³/mol. The largest absolute Gasteiger partial charge is 0.0953 e. The molecule has 0 bridgehead atoms. The highest BCUT2D eigenvalue weighted by atomic mass is 14.4. The van der Waals surface area contributed by atoms with Crippen molar-refractivity contribution in [3.63, 3.8) is 0 Å². The van der Waals surface area contributed by atoms with E-state index < -0.39 is 0 Å². The topological polar surface area (TPSA) is 0 Å². The molecule has 32 heavy (non-hydrogen) atoms. The maximum atomic E-state index is 4.58. The van der Waals surface area contributed by atoms with Crippen LogP contribution in [0, 0.1) is 5.92 Å². The van der Waals surface area contributed by atoms with E-state index in [9.17, 15) is 0 Å². The molecule has 166 valence electrons. The van der Waals surface area contributed by atoms with Crippen molar-refractivity contribution in [2.75, 3.05) is 0 Å². The standard InChI is InChI=1S/C32H38/c1-5-23-18-29(17-21(23)3)22(4)26-13-14-27(20-26)30-16-15-28(19-24(30)6-2)32-10-8-7-9-31(32)25-11-12-25/h7-10,15-17,19,25-27H,4-6,11-14,18,20H2,1-3H3. The normalized spacial score (nSPS) is 23.0. The predicted octanol–water partition coefficient (Wildman–Crippen LogP) is 9.29. The lowest BCUT2D eigenvalue weighted by Gasteiger charge is -2.19. The summed E-state index contributed by atoms with van der Waals surface area (Å²) in [6.45, 7) is 11.5. The Labute approximate surface area is 195 Å². The lowest BCUT2D eigenvalue weighted by atomic mass is 9.85. The SMILES string of the molecule is C=C(C1=CC(C)=C(CC)C1)C1CCC(c2ccc(-c3ccccc3C3CC3)cc2CC)C1. The summed E-state index contributed by atoms with van der Waals surface area (Å²) in [6, 6.07) is 16.4. The molecule has 2 atom stereocenters. The Morgan fingerprint density at radius 2 is 1.69 bits per heavy atom. The number of aryl methyl sites for hydroxylation is 1. The molecular weight excluding hydrogens is 384 g/mol. The molecule has 3 aliphatic rings. The summed E-state index contributed by atoms with van der Waals surface area (Å²) in [5, 5.41) is 0. The van der Waals surface area contributed by atoms with Gasteiger partial charge in [-0.2, -0.15) is 0 Å². The van der Waals surface area contributed by atoms with E-state index >= 15 is 0 Å². The minimum Gasteiger partial charge on any atom is -0.0953 e. The first-order chi connectivity index (χ1) is 15.6. The number of hydrogen-bond donors (Lipinski definition) is 0.